The van der Waals surface area contributed by atoms with Crippen LogP contribution in [0, 0.1) is 0 Å². The predicted molar refractivity (Wildman–Crippen MR) is 100 cm³/mol. The molecular weight excluding hydrogens is 314 g/mol. The van der Waals surface area contributed by atoms with E-state index in [1.54, 1.807) is 20.1 Å². The number of hydrogen-bond donors (Lipinski definition) is 1. The third-order valence-corrected chi connectivity index (χ3v) is 4.25. The molecule has 2 aromatic carbocycles. The summed E-state index contributed by atoms with van der Waals surface area (Å²) in [4.78, 5) is 12.4. The standard InChI is InChI=1S/C21H27NO3/c1-5-16-11-12-17(6-2)18(13-16)14-22-21(23)15(3)25-20-10-8-7-9-19(20)24-4/h7-13,15H,5-6,14H2,1-4H3,(H,22,23)/t15-/m0/s1. The number of nitrogens with one attached hydrogen (secondary N) is 1. The van der Waals surface area contributed by atoms with Gasteiger partial charge in [0, 0.05) is 6.54 Å². The van der Waals surface area contributed by atoms with Crippen LogP contribution < -0.4 is 14.8 Å². The van der Waals surface area contributed by atoms with Gasteiger partial charge in [0.1, 0.15) is 0 Å². The Labute approximate surface area is 150 Å². The molecule has 0 saturated carbocycles. The van der Waals surface area contributed by atoms with E-state index in [9.17, 15) is 4.79 Å². The van der Waals surface area contributed by atoms with E-state index in [0.717, 1.165) is 12.8 Å². The molecular formula is C21H27NO3. The van der Waals surface area contributed by atoms with Gasteiger partial charge in [0.05, 0.1) is 7.11 Å². The molecule has 0 unspecified atom stereocenters. The molecule has 0 spiro atoms. The van der Waals surface area contributed by atoms with Gasteiger partial charge in [-0.25, -0.2) is 0 Å². The normalized spacial score (nSPS) is 11.7. The van der Waals surface area contributed by atoms with Gasteiger partial charge in [-0.05, 0) is 48.6 Å². The Balaban J connectivity index is 2.00. The van der Waals surface area contributed by atoms with Crippen LogP contribution in [-0.2, 0) is 24.2 Å². The van der Waals surface area contributed by atoms with E-state index in [0.29, 0.717) is 18.0 Å². The molecule has 0 aromatic heterocycles. The summed E-state index contributed by atoms with van der Waals surface area (Å²) in [7, 11) is 1.58. The van der Waals surface area contributed by atoms with Crippen LogP contribution in [-0.4, -0.2) is 19.1 Å². The van der Waals surface area contributed by atoms with Crippen LogP contribution in [0.3, 0.4) is 0 Å². The Morgan fingerprint density at radius 3 is 2.40 bits per heavy atom. The minimum atomic E-state index is -0.601. The molecule has 0 saturated heterocycles. The number of hydrogen-bond acceptors (Lipinski definition) is 3. The molecule has 0 fully saturated rings. The zero-order valence-electron chi connectivity index (χ0n) is 15.5. The molecule has 0 aliphatic carbocycles. The monoisotopic (exact) mass is 341 g/mol. The van der Waals surface area contributed by atoms with Gasteiger partial charge >= 0.3 is 0 Å². The lowest BCUT2D eigenvalue weighted by molar-refractivity contribution is -0.127. The Morgan fingerprint density at radius 2 is 1.76 bits per heavy atom. The quantitative estimate of drug-likeness (QED) is 0.792. The first-order valence-corrected chi connectivity index (χ1v) is 8.77. The molecule has 25 heavy (non-hydrogen) atoms. The number of carbonyl (C=O) groups is 1. The molecule has 1 N–H and O–H groups in total. The lowest BCUT2D eigenvalue weighted by Crippen LogP contribution is -2.36. The van der Waals surface area contributed by atoms with Crippen molar-refractivity contribution in [1.29, 1.82) is 0 Å². The van der Waals surface area contributed by atoms with Crippen molar-refractivity contribution in [2.24, 2.45) is 0 Å². The highest BCUT2D eigenvalue weighted by atomic mass is 16.5. The topological polar surface area (TPSA) is 47.6 Å². The lowest BCUT2D eigenvalue weighted by Gasteiger charge is -2.17. The van der Waals surface area contributed by atoms with Crippen LogP contribution in [0.5, 0.6) is 11.5 Å². The summed E-state index contributed by atoms with van der Waals surface area (Å²) in [6.07, 6.45) is 1.33. The molecule has 0 radical (unpaired) electrons. The number of methoxy groups -OCH3 is 1. The summed E-state index contributed by atoms with van der Waals surface area (Å²) in [6.45, 7) is 6.51. The first-order valence-electron chi connectivity index (χ1n) is 8.77. The van der Waals surface area contributed by atoms with Gasteiger partial charge < -0.3 is 14.8 Å². The number of amides is 1. The van der Waals surface area contributed by atoms with Gasteiger partial charge in [0.2, 0.25) is 0 Å². The number of aryl methyl sites for hydroxylation is 2. The van der Waals surface area contributed by atoms with Crippen LogP contribution in [0.25, 0.3) is 0 Å². The van der Waals surface area contributed by atoms with Gasteiger partial charge in [0.25, 0.3) is 5.91 Å². The fraction of sp³-hybridized carbons (Fsp3) is 0.381. The highest BCUT2D eigenvalue weighted by Gasteiger charge is 2.16. The minimum Gasteiger partial charge on any atom is -0.493 e. The van der Waals surface area contributed by atoms with Crippen LogP contribution in [0.2, 0.25) is 0 Å². The summed E-state index contributed by atoms with van der Waals surface area (Å²) in [5.41, 5.74) is 3.70. The fourth-order valence-corrected chi connectivity index (χ4v) is 2.69. The molecule has 4 nitrogen and oxygen atoms in total. The summed E-state index contributed by atoms with van der Waals surface area (Å²) >= 11 is 0. The molecule has 1 atom stereocenters. The maximum absolute atomic E-state index is 12.4. The van der Waals surface area contributed by atoms with Crippen LogP contribution in [0.15, 0.2) is 42.5 Å². The SMILES string of the molecule is CCc1ccc(CC)c(CNC(=O)[C@H](C)Oc2ccccc2OC)c1. The number of ether oxygens (including phenoxy) is 2. The number of rotatable bonds is 8. The molecule has 4 heteroatoms. The zero-order chi connectivity index (χ0) is 18.2. The Bertz CT molecular complexity index is 712. The maximum Gasteiger partial charge on any atom is 0.261 e. The van der Waals surface area contributed by atoms with Crippen LogP contribution >= 0.6 is 0 Å². The second-order valence-corrected chi connectivity index (χ2v) is 5.94. The highest BCUT2D eigenvalue weighted by Crippen LogP contribution is 2.26. The summed E-state index contributed by atoms with van der Waals surface area (Å²) < 4.78 is 11.0. The molecule has 1 amide bonds. The number of para-hydroxylation sites is 2. The second kappa shape index (κ2) is 9.11. The summed E-state index contributed by atoms with van der Waals surface area (Å²) in [6, 6.07) is 13.8. The van der Waals surface area contributed by atoms with Crippen molar-refractivity contribution in [2.45, 2.75) is 46.3 Å². The molecule has 0 aliphatic heterocycles. The molecule has 0 bridgehead atoms. The van der Waals surface area contributed by atoms with Gasteiger partial charge in [-0.3, -0.25) is 4.79 Å². The first-order chi connectivity index (χ1) is 12.1. The molecule has 2 aromatic rings. The second-order valence-electron chi connectivity index (χ2n) is 5.94. The maximum atomic E-state index is 12.4. The van der Waals surface area contributed by atoms with E-state index >= 15 is 0 Å². The van der Waals surface area contributed by atoms with E-state index in [1.807, 2.05) is 18.2 Å². The molecule has 0 heterocycles. The van der Waals surface area contributed by atoms with Crippen molar-refractivity contribution in [3.8, 4) is 11.5 Å². The van der Waals surface area contributed by atoms with E-state index < -0.39 is 6.10 Å². The third kappa shape index (κ3) is 4.99. The summed E-state index contributed by atoms with van der Waals surface area (Å²) in [5, 5.41) is 2.98. The Hall–Kier alpha value is -2.49. The predicted octanol–water partition coefficient (Wildman–Crippen LogP) is 3.90. The molecule has 2 rings (SSSR count). The Morgan fingerprint density at radius 1 is 1.04 bits per heavy atom. The lowest BCUT2D eigenvalue weighted by atomic mass is 10.0. The zero-order valence-corrected chi connectivity index (χ0v) is 15.5. The van der Waals surface area contributed by atoms with Crippen molar-refractivity contribution in [2.75, 3.05) is 7.11 Å². The number of carbonyl (C=O) groups excluding carboxylic acids is 1. The van der Waals surface area contributed by atoms with E-state index in [1.165, 1.54) is 16.7 Å². The van der Waals surface area contributed by atoms with E-state index in [4.69, 9.17) is 9.47 Å². The Kier molecular flexibility index (Phi) is 6.87. The first kappa shape index (κ1) is 18.8. The van der Waals surface area contributed by atoms with E-state index in [-0.39, 0.29) is 5.91 Å². The average molecular weight is 341 g/mol. The van der Waals surface area contributed by atoms with Crippen LogP contribution in [0.1, 0.15) is 37.5 Å². The molecule has 134 valence electrons. The van der Waals surface area contributed by atoms with E-state index in [2.05, 4.69) is 37.4 Å². The van der Waals surface area contributed by atoms with Crippen molar-refractivity contribution in [1.82, 2.24) is 5.32 Å². The smallest absolute Gasteiger partial charge is 0.261 e. The largest absolute Gasteiger partial charge is 0.493 e. The fourth-order valence-electron chi connectivity index (χ4n) is 2.69. The minimum absolute atomic E-state index is 0.144. The van der Waals surface area contributed by atoms with Crippen molar-refractivity contribution in [3.05, 3.63) is 59.2 Å². The third-order valence-electron chi connectivity index (χ3n) is 4.25. The van der Waals surface area contributed by atoms with Gasteiger partial charge in [-0.15, -0.1) is 0 Å². The molecule has 0 aliphatic rings. The van der Waals surface area contributed by atoms with Crippen molar-refractivity contribution >= 4 is 5.91 Å². The van der Waals surface area contributed by atoms with Crippen molar-refractivity contribution in [3.63, 3.8) is 0 Å². The highest BCUT2D eigenvalue weighted by molar-refractivity contribution is 5.80. The van der Waals surface area contributed by atoms with Gasteiger partial charge in [0.15, 0.2) is 17.6 Å². The van der Waals surface area contributed by atoms with Crippen molar-refractivity contribution < 1.29 is 14.3 Å². The average Bonchev–Trinajstić information content (AvgIpc) is 2.66. The van der Waals surface area contributed by atoms with Crippen LogP contribution in [0.4, 0.5) is 0 Å². The number of benzene rings is 2. The van der Waals surface area contributed by atoms with Gasteiger partial charge in [-0.2, -0.15) is 0 Å². The van der Waals surface area contributed by atoms with Gasteiger partial charge in [-0.1, -0.05) is 44.2 Å². The summed E-state index contributed by atoms with van der Waals surface area (Å²) in [5.74, 6) is 1.04.